The summed E-state index contributed by atoms with van der Waals surface area (Å²) in [4.78, 5) is 35.5. The lowest BCUT2D eigenvalue weighted by Gasteiger charge is -2.22. The lowest BCUT2D eigenvalue weighted by Crippen LogP contribution is -2.45. The van der Waals surface area contributed by atoms with Crippen LogP contribution in [-0.2, 0) is 14.4 Å². The van der Waals surface area contributed by atoms with Gasteiger partial charge in [0.25, 0.3) is 0 Å². The van der Waals surface area contributed by atoms with Gasteiger partial charge in [0, 0.05) is 18.8 Å². The molecule has 0 aromatic rings. The average Bonchev–Trinajstić information content (AvgIpc) is 2.84. The molecule has 130 valence electrons. The standard InChI is InChI=1S/C18H29NO4/c1-4-6-7-8-14-13(9-10-15(14)20)11-16(21)19-17(18(22)23)12(3)5-2/h6-7,12-14,17H,4-5,8-11H2,1-3H3,(H,19,21)(H,22,23)/b7-6-/t12-,13+,14-,17-/m0/s1/i19+1. The van der Waals surface area contributed by atoms with Crippen LogP contribution in [0.15, 0.2) is 12.2 Å². The highest BCUT2D eigenvalue weighted by Gasteiger charge is 2.35. The second-order valence-electron chi connectivity index (χ2n) is 6.46. The number of allylic oxidation sites excluding steroid dienone is 2. The summed E-state index contributed by atoms with van der Waals surface area (Å²) >= 11 is 0. The van der Waals surface area contributed by atoms with Gasteiger partial charge in [-0.05, 0) is 31.1 Å². The Morgan fingerprint density at radius 3 is 2.61 bits per heavy atom. The first-order chi connectivity index (χ1) is 10.9. The van der Waals surface area contributed by atoms with Crippen molar-refractivity contribution in [2.45, 2.75) is 65.3 Å². The fraction of sp³-hybridized carbons (Fsp3) is 0.722. The van der Waals surface area contributed by atoms with Gasteiger partial charge < -0.3 is 10.4 Å². The Balaban J connectivity index is 2.62. The molecule has 0 radical (unpaired) electrons. The predicted molar refractivity (Wildman–Crippen MR) is 88.9 cm³/mol. The first-order valence-electron chi connectivity index (χ1n) is 8.60. The van der Waals surface area contributed by atoms with Crippen LogP contribution >= 0.6 is 0 Å². The van der Waals surface area contributed by atoms with Crippen molar-refractivity contribution in [2.24, 2.45) is 17.8 Å². The summed E-state index contributed by atoms with van der Waals surface area (Å²) < 4.78 is 0. The second kappa shape index (κ2) is 9.48. The number of nitrogens with one attached hydrogen (secondary N) is 1. The van der Waals surface area contributed by atoms with Crippen molar-refractivity contribution >= 4 is 17.7 Å². The molecule has 1 amide bonds. The van der Waals surface area contributed by atoms with Gasteiger partial charge in [-0.25, -0.2) is 4.79 Å². The topological polar surface area (TPSA) is 83.5 Å². The van der Waals surface area contributed by atoms with E-state index in [1.165, 1.54) is 0 Å². The highest BCUT2D eigenvalue weighted by Crippen LogP contribution is 2.34. The third-order valence-electron chi connectivity index (χ3n) is 4.78. The molecule has 0 bridgehead atoms. The second-order valence-corrected chi connectivity index (χ2v) is 6.46. The molecule has 1 rings (SSSR count). The van der Waals surface area contributed by atoms with Crippen LogP contribution in [0.2, 0.25) is 0 Å². The van der Waals surface area contributed by atoms with Crippen molar-refractivity contribution < 1.29 is 19.5 Å². The highest BCUT2D eigenvalue weighted by molar-refractivity contribution is 5.87. The van der Waals surface area contributed by atoms with E-state index in [9.17, 15) is 19.5 Å². The minimum atomic E-state index is -1.00. The molecule has 5 nitrogen and oxygen atoms in total. The van der Waals surface area contributed by atoms with Crippen LogP contribution in [0.5, 0.6) is 0 Å². The molecule has 23 heavy (non-hydrogen) atoms. The van der Waals surface area contributed by atoms with Gasteiger partial charge in [-0.1, -0.05) is 39.3 Å². The van der Waals surface area contributed by atoms with Crippen LogP contribution in [0.1, 0.15) is 59.3 Å². The third-order valence-corrected chi connectivity index (χ3v) is 4.78. The maximum Gasteiger partial charge on any atom is 0.326 e. The van der Waals surface area contributed by atoms with Crippen molar-refractivity contribution in [3.63, 3.8) is 0 Å². The summed E-state index contributed by atoms with van der Waals surface area (Å²) in [5, 5.41) is 11.9. The molecule has 2 N–H and O–H groups in total. The van der Waals surface area contributed by atoms with Crippen molar-refractivity contribution in [1.29, 1.82) is 0 Å². The lowest BCUT2D eigenvalue weighted by molar-refractivity contribution is -0.143. The van der Waals surface area contributed by atoms with E-state index in [0.29, 0.717) is 19.3 Å². The number of carboxylic acid groups (broad SMARTS) is 1. The zero-order valence-corrected chi connectivity index (χ0v) is 14.4. The third kappa shape index (κ3) is 5.81. The zero-order valence-electron chi connectivity index (χ0n) is 14.4. The molecular weight excluding hydrogens is 295 g/mol. The first-order valence-corrected chi connectivity index (χ1v) is 8.60. The molecule has 1 aliphatic carbocycles. The molecule has 5 heteroatoms. The van der Waals surface area contributed by atoms with Crippen LogP contribution in [0.25, 0.3) is 0 Å². The maximum atomic E-state index is 12.2. The Labute approximate surface area is 138 Å². The molecule has 4 atom stereocenters. The number of rotatable bonds is 9. The highest BCUT2D eigenvalue weighted by atomic mass is 16.4. The summed E-state index contributed by atoms with van der Waals surface area (Å²) in [6.45, 7) is 5.76. The quantitative estimate of drug-likeness (QED) is 0.504. The normalized spacial score (nSPS) is 23.9. The summed E-state index contributed by atoms with van der Waals surface area (Å²) in [6, 6.07) is -0.858. The van der Waals surface area contributed by atoms with Crippen LogP contribution < -0.4 is 5.32 Å². The van der Waals surface area contributed by atoms with Crippen molar-refractivity contribution in [3.05, 3.63) is 12.2 Å². The molecule has 0 aromatic carbocycles. The van der Waals surface area contributed by atoms with E-state index in [2.05, 4.69) is 5.32 Å². The molecular formula is C18H29NO4. The average molecular weight is 324 g/mol. The summed E-state index contributed by atoms with van der Waals surface area (Å²) in [5.74, 6) is -1.24. The van der Waals surface area contributed by atoms with Gasteiger partial charge in [0.2, 0.25) is 5.91 Å². The number of ketones is 1. The summed E-state index contributed by atoms with van der Waals surface area (Å²) in [5.41, 5.74) is 0. The largest absolute Gasteiger partial charge is 0.480 e. The van der Waals surface area contributed by atoms with E-state index in [0.717, 1.165) is 12.8 Å². The van der Waals surface area contributed by atoms with E-state index in [4.69, 9.17) is 0 Å². The summed E-state index contributed by atoms with van der Waals surface area (Å²) in [6.07, 6.45) is 7.82. The van der Waals surface area contributed by atoms with E-state index in [-0.39, 0.29) is 35.9 Å². The molecule has 1 fully saturated rings. The molecule has 1 saturated carbocycles. The van der Waals surface area contributed by atoms with E-state index in [1.54, 1.807) is 0 Å². The molecule has 0 aromatic heterocycles. The van der Waals surface area contributed by atoms with Crippen molar-refractivity contribution in [1.82, 2.24) is 5.32 Å². The summed E-state index contributed by atoms with van der Waals surface area (Å²) in [7, 11) is 0. The first kappa shape index (κ1) is 19.4. The Morgan fingerprint density at radius 2 is 2.04 bits per heavy atom. The minimum Gasteiger partial charge on any atom is -0.480 e. The zero-order chi connectivity index (χ0) is 17.4. The number of hydrogen-bond acceptors (Lipinski definition) is 3. The molecule has 0 unspecified atom stereocenters. The van der Waals surface area contributed by atoms with Crippen LogP contribution in [0.3, 0.4) is 0 Å². The number of amides is 1. The van der Waals surface area contributed by atoms with Gasteiger partial charge in [0.1, 0.15) is 11.8 Å². The molecule has 0 aliphatic heterocycles. The number of aliphatic carboxylic acids is 1. The fourth-order valence-electron chi connectivity index (χ4n) is 3.11. The monoisotopic (exact) mass is 324 g/mol. The minimum absolute atomic E-state index is 0.0235. The van der Waals surface area contributed by atoms with Gasteiger partial charge in [-0.3, -0.25) is 9.59 Å². The smallest absolute Gasteiger partial charge is 0.326 e. The molecule has 1 aliphatic rings. The SMILES string of the molecule is CC/C=C\C[C@@H]1C(=O)CC[C@@H]1CC(=O)[15NH][C@H](C(=O)O)[C@@H](C)CC. The van der Waals surface area contributed by atoms with Crippen LogP contribution in [0.4, 0.5) is 0 Å². The Kier molecular flexibility index (Phi) is 8.00. The Bertz CT molecular complexity index is 458. The van der Waals surface area contributed by atoms with Crippen LogP contribution in [-0.4, -0.2) is 28.8 Å². The number of carbonyl (C=O) groups excluding carboxylic acids is 2. The predicted octanol–water partition coefficient (Wildman–Crippen LogP) is 2.94. The lowest BCUT2D eigenvalue weighted by atomic mass is 9.89. The molecule has 0 spiro atoms. The van der Waals surface area contributed by atoms with Gasteiger partial charge in [-0.2, -0.15) is 0 Å². The van der Waals surface area contributed by atoms with Crippen molar-refractivity contribution in [2.75, 3.05) is 0 Å². The van der Waals surface area contributed by atoms with Gasteiger partial charge in [-0.15, -0.1) is 0 Å². The van der Waals surface area contributed by atoms with Gasteiger partial charge >= 0.3 is 5.97 Å². The van der Waals surface area contributed by atoms with Crippen molar-refractivity contribution in [3.8, 4) is 0 Å². The Morgan fingerprint density at radius 1 is 1.35 bits per heavy atom. The maximum absolute atomic E-state index is 12.2. The fourth-order valence-corrected chi connectivity index (χ4v) is 3.11. The molecule has 0 saturated heterocycles. The Hall–Kier alpha value is -1.65. The van der Waals surface area contributed by atoms with Gasteiger partial charge in [0.15, 0.2) is 0 Å². The van der Waals surface area contributed by atoms with E-state index in [1.807, 2.05) is 32.9 Å². The number of carboxylic acids is 1. The number of carbonyl (C=O) groups is 3. The number of hydrogen-bond donors (Lipinski definition) is 2. The molecule has 0 heterocycles. The van der Waals surface area contributed by atoms with Gasteiger partial charge in [0.05, 0.1) is 0 Å². The number of Topliss-reactive ketones (excluding diaryl/α,β-unsaturated/α-hetero) is 1. The van der Waals surface area contributed by atoms with Crippen LogP contribution in [0, 0.1) is 17.8 Å². The van der Waals surface area contributed by atoms with E-state index >= 15 is 0 Å². The van der Waals surface area contributed by atoms with E-state index < -0.39 is 12.0 Å².